The number of carboxylic acids is 1. The summed E-state index contributed by atoms with van der Waals surface area (Å²) in [6.45, 7) is 4.40. The maximum Gasteiger partial charge on any atom is 0.305 e. The lowest BCUT2D eigenvalue weighted by atomic mass is 9.84. The van der Waals surface area contributed by atoms with E-state index in [9.17, 15) is 9.59 Å². The molecular weight excluding hydrogens is 412 g/mol. The molecule has 1 heterocycles. The third-order valence-corrected chi connectivity index (χ3v) is 7.70. The van der Waals surface area contributed by atoms with E-state index >= 15 is 0 Å². The Morgan fingerprint density at radius 2 is 2.00 bits per heavy atom. The van der Waals surface area contributed by atoms with E-state index in [0.717, 1.165) is 23.0 Å². The van der Waals surface area contributed by atoms with Crippen molar-refractivity contribution in [2.75, 3.05) is 5.75 Å². The SMILES string of the molecule is Cc1ccc(-c2nnc(SCC(=O)N[C@@H](C)[C@H]3C[C@H]4CC[C@H]3C4)n2CCC(=O)O)cc1. The topological polar surface area (TPSA) is 97.1 Å². The highest BCUT2D eigenvalue weighted by Gasteiger charge is 2.42. The molecule has 2 aliphatic rings. The van der Waals surface area contributed by atoms with Gasteiger partial charge >= 0.3 is 5.97 Å². The van der Waals surface area contributed by atoms with Crippen LogP contribution in [0.2, 0.25) is 0 Å². The number of thioether (sulfide) groups is 1. The maximum atomic E-state index is 12.6. The van der Waals surface area contributed by atoms with Crippen molar-refractivity contribution in [2.45, 2.75) is 63.7 Å². The summed E-state index contributed by atoms with van der Waals surface area (Å²) in [5.74, 6) is 2.20. The van der Waals surface area contributed by atoms with Gasteiger partial charge in [0.2, 0.25) is 5.91 Å². The van der Waals surface area contributed by atoms with E-state index in [4.69, 9.17) is 5.11 Å². The van der Waals surface area contributed by atoms with Gasteiger partial charge < -0.3 is 15.0 Å². The van der Waals surface area contributed by atoms with Crippen LogP contribution < -0.4 is 5.32 Å². The lowest BCUT2D eigenvalue weighted by molar-refractivity contribution is -0.137. The average molecular weight is 443 g/mol. The molecule has 2 aliphatic carbocycles. The second-order valence-electron chi connectivity index (χ2n) is 8.95. The Bertz CT molecular complexity index is 943. The minimum Gasteiger partial charge on any atom is -0.481 e. The van der Waals surface area contributed by atoms with E-state index in [0.29, 0.717) is 16.9 Å². The lowest BCUT2D eigenvalue weighted by Gasteiger charge is -2.28. The van der Waals surface area contributed by atoms with Gasteiger partial charge in [-0.15, -0.1) is 10.2 Å². The zero-order valence-electron chi connectivity index (χ0n) is 18.1. The van der Waals surface area contributed by atoms with Gasteiger partial charge in [-0.25, -0.2) is 0 Å². The van der Waals surface area contributed by atoms with Crippen LogP contribution in [0.25, 0.3) is 11.4 Å². The molecule has 0 spiro atoms. The summed E-state index contributed by atoms with van der Waals surface area (Å²) in [5, 5.41) is 21.4. The van der Waals surface area contributed by atoms with E-state index in [1.165, 1.54) is 37.4 Å². The number of amides is 1. The molecule has 7 nitrogen and oxygen atoms in total. The van der Waals surface area contributed by atoms with Gasteiger partial charge in [-0.1, -0.05) is 48.0 Å². The number of benzene rings is 1. The smallest absolute Gasteiger partial charge is 0.305 e. The van der Waals surface area contributed by atoms with Gasteiger partial charge in [0.15, 0.2) is 11.0 Å². The van der Waals surface area contributed by atoms with Gasteiger partial charge in [0.25, 0.3) is 0 Å². The summed E-state index contributed by atoms with van der Waals surface area (Å²) in [5.41, 5.74) is 2.01. The summed E-state index contributed by atoms with van der Waals surface area (Å²) in [6.07, 6.45) is 5.19. The number of hydrogen-bond acceptors (Lipinski definition) is 5. The molecule has 2 aromatic rings. The first-order chi connectivity index (χ1) is 14.9. The van der Waals surface area contributed by atoms with Crippen LogP contribution in [0.1, 0.15) is 44.6 Å². The number of carboxylic acid groups (broad SMARTS) is 1. The number of aliphatic carboxylic acids is 1. The molecule has 2 fully saturated rings. The van der Waals surface area contributed by atoms with Gasteiger partial charge in [0, 0.05) is 18.2 Å². The van der Waals surface area contributed by atoms with Crippen LogP contribution >= 0.6 is 11.8 Å². The predicted octanol–water partition coefficient (Wildman–Crippen LogP) is 3.76. The van der Waals surface area contributed by atoms with Crippen LogP contribution in [0.3, 0.4) is 0 Å². The van der Waals surface area contributed by atoms with Crippen molar-refractivity contribution in [3.05, 3.63) is 29.8 Å². The molecule has 0 radical (unpaired) electrons. The number of fused-ring (bicyclic) bond motifs is 2. The van der Waals surface area contributed by atoms with Crippen molar-refractivity contribution >= 4 is 23.6 Å². The zero-order valence-corrected chi connectivity index (χ0v) is 18.9. The fourth-order valence-electron chi connectivity index (χ4n) is 5.16. The Labute approximate surface area is 187 Å². The molecule has 31 heavy (non-hydrogen) atoms. The van der Waals surface area contributed by atoms with Crippen molar-refractivity contribution in [1.82, 2.24) is 20.1 Å². The Morgan fingerprint density at radius 1 is 1.23 bits per heavy atom. The molecule has 2 saturated carbocycles. The standard InChI is InChI=1S/C23H30N4O3S/c1-14-3-6-17(7-4-14)22-25-26-23(27(22)10-9-21(29)30)31-13-20(28)24-15(2)19-12-16-5-8-18(19)11-16/h3-4,6-7,15-16,18-19H,5,8-13H2,1-2H3,(H,24,28)(H,29,30)/t15-,16-,18-,19+/m0/s1. The second kappa shape index (κ2) is 9.42. The fourth-order valence-corrected chi connectivity index (χ4v) is 5.94. The molecule has 0 unspecified atom stereocenters. The van der Waals surface area contributed by atoms with Crippen molar-refractivity contribution in [3.63, 3.8) is 0 Å². The van der Waals surface area contributed by atoms with E-state index in [1.807, 2.05) is 31.2 Å². The van der Waals surface area contributed by atoms with Crippen molar-refractivity contribution in [3.8, 4) is 11.4 Å². The number of hydrogen-bond donors (Lipinski definition) is 2. The van der Waals surface area contributed by atoms with Crippen LogP contribution in [-0.2, 0) is 16.1 Å². The van der Waals surface area contributed by atoms with Gasteiger partial charge in [-0.3, -0.25) is 9.59 Å². The Balaban J connectivity index is 1.40. The van der Waals surface area contributed by atoms with Crippen LogP contribution in [0.5, 0.6) is 0 Å². The second-order valence-corrected chi connectivity index (χ2v) is 9.89. The molecule has 2 N–H and O–H groups in total. The minimum atomic E-state index is -0.878. The summed E-state index contributed by atoms with van der Waals surface area (Å²) in [7, 11) is 0. The number of aryl methyl sites for hydroxylation is 1. The van der Waals surface area contributed by atoms with E-state index in [2.05, 4.69) is 22.4 Å². The van der Waals surface area contributed by atoms with Crippen LogP contribution in [0.15, 0.2) is 29.4 Å². The molecule has 4 atom stereocenters. The summed E-state index contributed by atoms with van der Waals surface area (Å²) in [4.78, 5) is 23.7. The first-order valence-electron chi connectivity index (χ1n) is 11.0. The van der Waals surface area contributed by atoms with Crippen molar-refractivity contribution in [2.24, 2.45) is 17.8 Å². The molecule has 0 aliphatic heterocycles. The van der Waals surface area contributed by atoms with Crippen LogP contribution in [-0.4, -0.2) is 43.5 Å². The van der Waals surface area contributed by atoms with Gasteiger partial charge in [0.05, 0.1) is 12.2 Å². The highest BCUT2D eigenvalue weighted by molar-refractivity contribution is 7.99. The quantitative estimate of drug-likeness (QED) is 0.574. The van der Waals surface area contributed by atoms with Crippen molar-refractivity contribution in [1.29, 1.82) is 0 Å². The van der Waals surface area contributed by atoms with E-state index in [-0.39, 0.29) is 30.7 Å². The highest BCUT2D eigenvalue weighted by atomic mass is 32.2. The van der Waals surface area contributed by atoms with Crippen LogP contribution in [0.4, 0.5) is 0 Å². The normalized spacial score (nSPS) is 23.1. The van der Waals surface area contributed by atoms with Crippen molar-refractivity contribution < 1.29 is 14.7 Å². The monoisotopic (exact) mass is 442 g/mol. The Kier molecular flexibility index (Phi) is 6.65. The van der Waals surface area contributed by atoms with E-state index in [1.54, 1.807) is 4.57 Å². The molecular formula is C23H30N4O3S. The largest absolute Gasteiger partial charge is 0.481 e. The van der Waals surface area contributed by atoms with Gasteiger partial charge in [0.1, 0.15) is 0 Å². The first-order valence-corrected chi connectivity index (χ1v) is 12.0. The Morgan fingerprint density at radius 3 is 2.65 bits per heavy atom. The number of carbonyl (C=O) groups excluding carboxylic acids is 1. The maximum absolute atomic E-state index is 12.6. The number of nitrogens with zero attached hydrogens (tertiary/aromatic N) is 3. The summed E-state index contributed by atoms with van der Waals surface area (Å²) < 4.78 is 1.80. The minimum absolute atomic E-state index is 0.00931. The highest BCUT2D eigenvalue weighted by Crippen LogP contribution is 2.49. The predicted molar refractivity (Wildman–Crippen MR) is 120 cm³/mol. The molecule has 4 rings (SSSR count). The summed E-state index contributed by atoms with van der Waals surface area (Å²) >= 11 is 1.31. The van der Waals surface area contributed by atoms with E-state index < -0.39 is 5.97 Å². The molecule has 166 valence electrons. The average Bonchev–Trinajstić information content (AvgIpc) is 3.47. The fraction of sp³-hybridized carbons (Fsp3) is 0.565. The number of nitrogens with one attached hydrogen (secondary N) is 1. The lowest BCUT2D eigenvalue weighted by Crippen LogP contribution is -2.40. The number of rotatable bonds is 9. The molecule has 2 bridgehead atoms. The number of aromatic nitrogens is 3. The molecule has 1 amide bonds. The first kappa shape index (κ1) is 21.9. The number of carbonyl (C=O) groups is 2. The zero-order chi connectivity index (χ0) is 22.0. The molecule has 1 aromatic heterocycles. The summed E-state index contributed by atoms with van der Waals surface area (Å²) in [6, 6.07) is 8.08. The van der Waals surface area contributed by atoms with Gasteiger partial charge in [-0.2, -0.15) is 0 Å². The molecule has 0 saturated heterocycles. The molecule has 8 heteroatoms. The third-order valence-electron chi connectivity index (χ3n) is 6.73. The van der Waals surface area contributed by atoms with Gasteiger partial charge in [-0.05, 0) is 50.9 Å². The van der Waals surface area contributed by atoms with Crippen LogP contribution in [0, 0.1) is 24.7 Å². The molecule has 1 aromatic carbocycles. The Hall–Kier alpha value is -2.35. The third kappa shape index (κ3) is 5.11.